The molecule has 1 aromatic rings. The molecule has 102 valence electrons. The Balaban J connectivity index is 2.74. The van der Waals surface area contributed by atoms with Crippen molar-refractivity contribution in [1.29, 1.82) is 0 Å². The molecule has 18 heavy (non-hydrogen) atoms. The number of hydrogen-bond acceptors (Lipinski definition) is 1. The maximum atomic E-state index is 13.8. The van der Waals surface area contributed by atoms with Gasteiger partial charge in [0, 0.05) is 5.54 Å². The molecule has 2 atom stereocenters. The molecule has 0 aliphatic rings. The summed E-state index contributed by atoms with van der Waals surface area (Å²) in [5.74, 6) is 0.538. The molecule has 0 radical (unpaired) electrons. The summed E-state index contributed by atoms with van der Waals surface area (Å²) in [4.78, 5) is 0. The summed E-state index contributed by atoms with van der Waals surface area (Å²) in [6.07, 6.45) is 0. The van der Waals surface area contributed by atoms with Crippen molar-refractivity contribution >= 4 is 0 Å². The second kappa shape index (κ2) is 5.83. The molecule has 0 bridgehead atoms. The van der Waals surface area contributed by atoms with Gasteiger partial charge in [-0.25, -0.2) is 4.39 Å². The van der Waals surface area contributed by atoms with Crippen LogP contribution in [0, 0.1) is 18.7 Å². The lowest BCUT2D eigenvalue weighted by molar-refractivity contribution is 0.355. The Labute approximate surface area is 111 Å². The number of benzene rings is 1. The van der Waals surface area contributed by atoms with Crippen molar-refractivity contribution < 1.29 is 4.39 Å². The smallest absolute Gasteiger partial charge is 0.126 e. The Morgan fingerprint density at radius 3 is 2.39 bits per heavy atom. The van der Waals surface area contributed by atoms with Crippen LogP contribution < -0.4 is 5.32 Å². The Kier molecular flexibility index (Phi) is 4.92. The number of hydrogen-bond donors (Lipinski definition) is 1. The first-order chi connectivity index (χ1) is 8.20. The fourth-order valence-corrected chi connectivity index (χ4v) is 1.96. The van der Waals surface area contributed by atoms with Crippen molar-refractivity contribution in [3.8, 4) is 0 Å². The number of rotatable bonds is 4. The standard InChI is InChI=1S/C16H26FN/c1-11-7-8-15(17)14(9-11)13(3)12(2)10-18-16(4,5)6/h7-9,12-13,18H,10H2,1-6H3. The molecule has 2 unspecified atom stereocenters. The molecule has 1 N–H and O–H groups in total. The number of halogens is 1. The molecule has 0 aromatic heterocycles. The van der Waals surface area contributed by atoms with E-state index in [2.05, 4.69) is 39.9 Å². The van der Waals surface area contributed by atoms with E-state index in [1.54, 1.807) is 6.07 Å². The monoisotopic (exact) mass is 251 g/mol. The van der Waals surface area contributed by atoms with E-state index in [1.807, 2.05) is 19.1 Å². The molecule has 0 amide bonds. The molecule has 0 spiro atoms. The van der Waals surface area contributed by atoms with Crippen molar-refractivity contribution in [2.45, 2.75) is 53.0 Å². The van der Waals surface area contributed by atoms with Crippen LogP contribution in [-0.4, -0.2) is 12.1 Å². The molecule has 0 aliphatic heterocycles. The van der Waals surface area contributed by atoms with Gasteiger partial charge in [0.15, 0.2) is 0 Å². The lowest BCUT2D eigenvalue weighted by atomic mass is 9.87. The SMILES string of the molecule is Cc1ccc(F)c(C(C)C(C)CNC(C)(C)C)c1. The predicted molar refractivity (Wildman–Crippen MR) is 76.5 cm³/mol. The topological polar surface area (TPSA) is 12.0 Å². The van der Waals surface area contributed by atoms with E-state index in [4.69, 9.17) is 0 Å². The molecule has 0 fully saturated rings. The summed E-state index contributed by atoms with van der Waals surface area (Å²) in [5.41, 5.74) is 2.06. The molecular formula is C16H26FN. The minimum atomic E-state index is -0.0873. The van der Waals surface area contributed by atoms with E-state index in [0.29, 0.717) is 5.92 Å². The van der Waals surface area contributed by atoms with E-state index in [-0.39, 0.29) is 17.3 Å². The third kappa shape index (κ3) is 4.41. The highest BCUT2D eigenvalue weighted by Gasteiger charge is 2.19. The third-order valence-electron chi connectivity index (χ3n) is 3.45. The quantitative estimate of drug-likeness (QED) is 0.843. The minimum absolute atomic E-state index is 0.0873. The molecular weight excluding hydrogens is 225 g/mol. The summed E-state index contributed by atoms with van der Waals surface area (Å²) in [7, 11) is 0. The first-order valence-electron chi connectivity index (χ1n) is 6.72. The Morgan fingerprint density at radius 2 is 1.83 bits per heavy atom. The average Bonchev–Trinajstić information content (AvgIpc) is 2.27. The van der Waals surface area contributed by atoms with Gasteiger partial charge in [0.25, 0.3) is 0 Å². The molecule has 1 nitrogen and oxygen atoms in total. The van der Waals surface area contributed by atoms with E-state index in [1.165, 1.54) is 0 Å². The Morgan fingerprint density at radius 1 is 1.22 bits per heavy atom. The Hall–Kier alpha value is -0.890. The zero-order valence-corrected chi connectivity index (χ0v) is 12.5. The predicted octanol–water partition coefficient (Wildman–Crippen LogP) is 4.26. The van der Waals surface area contributed by atoms with Gasteiger partial charge in [0.2, 0.25) is 0 Å². The lowest BCUT2D eigenvalue weighted by Crippen LogP contribution is -2.39. The maximum Gasteiger partial charge on any atom is 0.126 e. The van der Waals surface area contributed by atoms with Gasteiger partial charge in [-0.05, 0) is 57.7 Å². The fourth-order valence-electron chi connectivity index (χ4n) is 1.96. The molecule has 0 saturated carbocycles. The van der Waals surface area contributed by atoms with Gasteiger partial charge in [0.1, 0.15) is 5.82 Å². The summed E-state index contributed by atoms with van der Waals surface area (Å²) in [6, 6.07) is 5.36. The normalized spacial score (nSPS) is 15.5. The molecule has 1 aromatic carbocycles. The van der Waals surface area contributed by atoms with Crippen LogP contribution in [0.5, 0.6) is 0 Å². The van der Waals surface area contributed by atoms with E-state index in [9.17, 15) is 4.39 Å². The van der Waals surface area contributed by atoms with Crippen LogP contribution >= 0.6 is 0 Å². The van der Waals surface area contributed by atoms with Crippen molar-refractivity contribution in [3.05, 3.63) is 35.1 Å². The van der Waals surface area contributed by atoms with Gasteiger partial charge < -0.3 is 5.32 Å². The zero-order chi connectivity index (χ0) is 13.9. The summed E-state index contributed by atoms with van der Waals surface area (Å²) < 4.78 is 13.8. The molecule has 0 heterocycles. The summed E-state index contributed by atoms with van der Waals surface area (Å²) in [6.45, 7) is 13.6. The van der Waals surface area contributed by atoms with Crippen LogP contribution in [0.4, 0.5) is 4.39 Å². The molecule has 0 saturated heterocycles. The largest absolute Gasteiger partial charge is 0.312 e. The molecule has 2 heteroatoms. The second-order valence-corrected chi connectivity index (χ2v) is 6.42. The highest BCUT2D eigenvalue weighted by atomic mass is 19.1. The third-order valence-corrected chi connectivity index (χ3v) is 3.45. The highest BCUT2D eigenvalue weighted by molar-refractivity contribution is 5.27. The van der Waals surface area contributed by atoms with Crippen LogP contribution in [0.25, 0.3) is 0 Å². The van der Waals surface area contributed by atoms with Crippen molar-refractivity contribution in [2.24, 2.45) is 5.92 Å². The maximum absolute atomic E-state index is 13.8. The van der Waals surface area contributed by atoms with E-state index < -0.39 is 0 Å². The number of aryl methyl sites for hydroxylation is 1. The first kappa shape index (κ1) is 15.2. The van der Waals surface area contributed by atoms with Gasteiger partial charge in [-0.2, -0.15) is 0 Å². The van der Waals surface area contributed by atoms with Crippen LogP contribution in [0.3, 0.4) is 0 Å². The summed E-state index contributed by atoms with van der Waals surface area (Å²) in [5, 5.41) is 3.48. The van der Waals surface area contributed by atoms with Crippen molar-refractivity contribution in [2.75, 3.05) is 6.54 Å². The van der Waals surface area contributed by atoms with Gasteiger partial charge >= 0.3 is 0 Å². The van der Waals surface area contributed by atoms with Crippen molar-refractivity contribution in [1.82, 2.24) is 5.32 Å². The van der Waals surface area contributed by atoms with Gasteiger partial charge in [-0.15, -0.1) is 0 Å². The van der Waals surface area contributed by atoms with E-state index >= 15 is 0 Å². The summed E-state index contributed by atoms with van der Waals surface area (Å²) >= 11 is 0. The average molecular weight is 251 g/mol. The molecule has 1 rings (SSSR count). The van der Waals surface area contributed by atoms with Crippen molar-refractivity contribution in [3.63, 3.8) is 0 Å². The van der Waals surface area contributed by atoms with Gasteiger partial charge in [-0.1, -0.05) is 31.5 Å². The first-order valence-corrected chi connectivity index (χ1v) is 6.72. The van der Waals surface area contributed by atoms with Gasteiger partial charge in [-0.3, -0.25) is 0 Å². The Bertz CT molecular complexity index is 393. The van der Waals surface area contributed by atoms with Gasteiger partial charge in [0.05, 0.1) is 0 Å². The van der Waals surface area contributed by atoms with E-state index in [0.717, 1.165) is 17.7 Å². The minimum Gasteiger partial charge on any atom is -0.312 e. The molecule has 0 aliphatic carbocycles. The zero-order valence-electron chi connectivity index (χ0n) is 12.5. The highest BCUT2D eigenvalue weighted by Crippen LogP contribution is 2.27. The van der Waals surface area contributed by atoms with Crippen LogP contribution in [-0.2, 0) is 0 Å². The van der Waals surface area contributed by atoms with Crippen LogP contribution in [0.1, 0.15) is 51.7 Å². The number of nitrogens with one attached hydrogen (secondary N) is 1. The van der Waals surface area contributed by atoms with Crippen LogP contribution in [0.15, 0.2) is 18.2 Å². The van der Waals surface area contributed by atoms with Crippen LogP contribution in [0.2, 0.25) is 0 Å². The fraction of sp³-hybridized carbons (Fsp3) is 0.625. The second-order valence-electron chi connectivity index (χ2n) is 6.42. The lowest BCUT2D eigenvalue weighted by Gasteiger charge is -2.27.